The first kappa shape index (κ1) is 18.8. The Kier molecular flexibility index (Phi) is 5.36. The van der Waals surface area contributed by atoms with E-state index in [9.17, 15) is 4.79 Å². The van der Waals surface area contributed by atoms with E-state index < -0.39 is 0 Å². The van der Waals surface area contributed by atoms with Crippen LogP contribution in [0.15, 0.2) is 54.6 Å². The van der Waals surface area contributed by atoms with Gasteiger partial charge in [-0.25, -0.2) is 0 Å². The van der Waals surface area contributed by atoms with Crippen molar-refractivity contribution in [2.24, 2.45) is 5.92 Å². The van der Waals surface area contributed by atoms with Crippen LogP contribution >= 0.6 is 0 Å². The molecule has 0 spiro atoms. The smallest absolute Gasteiger partial charge is 0.228 e. The first-order valence-corrected chi connectivity index (χ1v) is 11.0. The number of amides is 1. The van der Waals surface area contributed by atoms with Gasteiger partial charge in [0.2, 0.25) is 5.91 Å². The number of nitrogens with zero attached hydrogens (tertiary/aromatic N) is 1. The molecule has 3 saturated heterocycles. The van der Waals surface area contributed by atoms with Crippen LogP contribution in [0, 0.1) is 5.92 Å². The number of hydrogen-bond donors (Lipinski definition) is 3. The Labute approximate surface area is 172 Å². The minimum Gasteiger partial charge on any atom is -0.328 e. The minimum absolute atomic E-state index is 0.0308. The second-order valence-corrected chi connectivity index (χ2v) is 8.52. The quantitative estimate of drug-likeness (QED) is 0.754. The predicted molar refractivity (Wildman–Crippen MR) is 115 cm³/mol. The Morgan fingerprint density at radius 3 is 2.34 bits per heavy atom. The van der Waals surface area contributed by atoms with Crippen molar-refractivity contribution in [2.75, 3.05) is 19.6 Å². The Hall–Kier alpha value is -2.21. The van der Waals surface area contributed by atoms with Crippen molar-refractivity contribution < 1.29 is 4.79 Å². The summed E-state index contributed by atoms with van der Waals surface area (Å²) < 4.78 is 0. The zero-order valence-electron chi connectivity index (χ0n) is 16.8. The third-order valence-corrected chi connectivity index (χ3v) is 6.73. The van der Waals surface area contributed by atoms with Gasteiger partial charge in [0, 0.05) is 13.1 Å². The van der Waals surface area contributed by atoms with Crippen molar-refractivity contribution in [2.45, 2.75) is 44.1 Å². The second-order valence-electron chi connectivity index (χ2n) is 8.52. The molecule has 4 atom stereocenters. The molecule has 3 N–H and O–H groups in total. The van der Waals surface area contributed by atoms with Gasteiger partial charge in [-0.2, -0.15) is 0 Å². The summed E-state index contributed by atoms with van der Waals surface area (Å²) in [5, 5.41) is 10.5. The zero-order valence-corrected chi connectivity index (χ0v) is 16.8. The van der Waals surface area contributed by atoms with Crippen molar-refractivity contribution in [1.82, 2.24) is 20.9 Å². The number of carbonyl (C=O) groups is 1. The van der Waals surface area contributed by atoms with E-state index in [-0.39, 0.29) is 30.2 Å². The van der Waals surface area contributed by atoms with Crippen LogP contribution < -0.4 is 16.0 Å². The molecule has 152 valence electrons. The molecule has 5 nitrogen and oxygen atoms in total. The molecule has 29 heavy (non-hydrogen) atoms. The van der Waals surface area contributed by atoms with Crippen LogP contribution in [-0.2, 0) is 4.79 Å². The molecule has 3 fully saturated rings. The minimum atomic E-state index is -0.0765. The van der Waals surface area contributed by atoms with Gasteiger partial charge < -0.3 is 10.6 Å². The van der Waals surface area contributed by atoms with Crippen molar-refractivity contribution in [3.8, 4) is 11.1 Å². The lowest BCUT2D eigenvalue weighted by atomic mass is 9.77. The molecular weight excluding hydrogens is 360 g/mol. The van der Waals surface area contributed by atoms with Gasteiger partial charge in [-0.1, -0.05) is 61.0 Å². The molecule has 0 aromatic heterocycles. The number of fused-ring (bicyclic) bond motifs is 1. The first-order chi connectivity index (χ1) is 14.3. The van der Waals surface area contributed by atoms with Crippen LogP contribution in [-0.4, -0.2) is 42.9 Å². The van der Waals surface area contributed by atoms with Crippen LogP contribution in [0.2, 0.25) is 0 Å². The summed E-state index contributed by atoms with van der Waals surface area (Å²) in [6.45, 7) is 3.04. The van der Waals surface area contributed by atoms with E-state index in [1.807, 2.05) is 6.07 Å². The van der Waals surface area contributed by atoms with Gasteiger partial charge in [0.05, 0.1) is 12.1 Å². The fourth-order valence-electron chi connectivity index (χ4n) is 5.17. The Bertz CT molecular complexity index is 832. The maximum atomic E-state index is 13.1. The number of rotatable bonds is 3. The van der Waals surface area contributed by atoms with Crippen LogP contribution in [0.4, 0.5) is 0 Å². The van der Waals surface area contributed by atoms with Crippen LogP contribution in [0.1, 0.15) is 37.2 Å². The maximum Gasteiger partial charge on any atom is 0.228 e. The molecule has 2 aromatic rings. The maximum absolute atomic E-state index is 13.1. The molecule has 0 saturated carbocycles. The molecule has 0 radical (unpaired) electrons. The average Bonchev–Trinajstić information content (AvgIpc) is 2.80. The number of carbonyl (C=O) groups excluding carboxylic acids is 1. The number of likely N-dealkylation sites (tertiary alicyclic amines) is 1. The summed E-state index contributed by atoms with van der Waals surface area (Å²) in [5.41, 5.74) is 3.70. The molecule has 3 aliphatic rings. The van der Waals surface area contributed by atoms with Crippen LogP contribution in [0.5, 0.6) is 0 Å². The van der Waals surface area contributed by atoms with E-state index in [1.54, 1.807) is 0 Å². The summed E-state index contributed by atoms with van der Waals surface area (Å²) in [6, 6.07) is 19.2. The average molecular weight is 391 g/mol. The second kappa shape index (κ2) is 8.27. The first-order valence-electron chi connectivity index (χ1n) is 11.0. The monoisotopic (exact) mass is 390 g/mol. The lowest BCUT2D eigenvalue weighted by Crippen LogP contribution is -2.72. The molecule has 2 aromatic carbocycles. The largest absolute Gasteiger partial charge is 0.328 e. The fourth-order valence-corrected chi connectivity index (χ4v) is 5.17. The summed E-state index contributed by atoms with van der Waals surface area (Å²) in [6.07, 6.45) is 4.69. The van der Waals surface area contributed by atoms with E-state index in [0.29, 0.717) is 0 Å². The topological polar surface area (TPSA) is 56.4 Å². The molecule has 0 bridgehead atoms. The van der Waals surface area contributed by atoms with Gasteiger partial charge in [-0.15, -0.1) is 0 Å². The van der Waals surface area contributed by atoms with Gasteiger partial charge in [-0.05, 0) is 48.4 Å². The Morgan fingerprint density at radius 2 is 1.59 bits per heavy atom. The van der Waals surface area contributed by atoms with Gasteiger partial charge >= 0.3 is 0 Å². The van der Waals surface area contributed by atoms with Crippen molar-refractivity contribution in [1.29, 1.82) is 0 Å². The molecule has 5 rings (SSSR count). The lowest BCUT2D eigenvalue weighted by Gasteiger charge is -2.48. The molecular formula is C24H30N4O. The normalized spacial score (nSPS) is 30.4. The predicted octanol–water partition coefficient (Wildman–Crippen LogP) is 2.86. The highest BCUT2D eigenvalue weighted by Crippen LogP contribution is 2.35. The van der Waals surface area contributed by atoms with E-state index in [0.717, 1.165) is 26.1 Å². The zero-order chi connectivity index (χ0) is 19.6. The van der Waals surface area contributed by atoms with Gasteiger partial charge in [0.1, 0.15) is 6.29 Å². The van der Waals surface area contributed by atoms with Gasteiger partial charge in [0.15, 0.2) is 0 Å². The fraction of sp³-hybridized carbons (Fsp3) is 0.458. The third kappa shape index (κ3) is 3.82. The third-order valence-electron chi connectivity index (χ3n) is 6.73. The van der Waals surface area contributed by atoms with Crippen LogP contribution in [0.25, 0.3) is 11.1 Å². The van der Waals surface area contributed by atoms with Crippen molar-refractivity contribution >= 4 is 5.91 Å². The highest BCUT2D eigenvalue weighted by atomic mass is 16.2. The molecule has 4 unspecified atom stereocenters. The van der Waals surface area contributed by atoms with Gasteiger partial charge in [0.25, 0.3) is 0 Å². The standard InChI is InChI=1S/C24H30N4O/c29-23-21-20(19-11-9-18(10-12-19)17-7-3-1-4-8-17)13-14-25-22(21)26-24(27-23)28-15-5-2-6-16-28/h1,3-4,7-12,20-22,24-26H,2,5-6,13-16H2,(H,27,29). The van der Waals surface area contributed by atoms with E-state index >= 15 is 0 Å². The molecule has 1 amide bonds. The van der Waals surface area contributed by atoms with Crippen molar-refractivity contribution in [3.05, 3.63) is 60.2 Å². The number of benzene rings is 2. The van der Waals surface area contributed by atoms with E-state index in [4.69, 9.17) is 0 Å². The summed E-state index contributed by atoms with van der Waals surface area (Å²) >= 11 is 0. The Balaban J connectivity index is 1.33. The van der Waals surface area contributed by atoms with Crippen molar-refractivity contribution in [3.63, 3.8) is 0 Å². The summed E-state index contributed by atoms with van der Waals surface area (Å²) in [5.74, 6) is 0.335. The Morgan fingerprint density at radius 1 is 0.862 bits per heavy atom. The molecule has 5 heteroatoms. The SMILES string of the molecule is O=C1NC(N2CCCCC2)NC2NCCC(c3ccc(-c4ccccc4)cc3)C12. The van der Waals surface area contributed by atoms with Crippen LogP contribution in [0.3, 0.4) is 0 Å². The number of hydrogen-bond acceptors (Lipinski definition) is 4. The molecule has 3 heterocycles. The molecule has 3 aliphatic heterocycles. The highest BCUT2D eigenvalue weighted by Gasteiger charge is 2.44. The number of nitrogens with one attached hydrogen (secondary N) is 3. The number of piperidine rings is 2. The lowest BCUT2D eigenvalue weighted by molar-refractivity contribution is -0.135. The van der Waals surface area contributed by atoms with Gasteiger partial charge in [-0.3, -0.25) is 15.0 Å². The summed E-state index contributed by atoms with van der Waals surface area (Å²) in [4.78, 5) is 15.5. The summed E-state index contributed by atoms with van der Waals surface area (Å²) in [7, 11) is 0. The highest BCUT2D eigenvalue weighted by molar-refractivity contribution is 5.82. The van der Waals surface area contributed by atoms with E-state index in [1.165, 1.54) is 36.0 Å². The molecule has 0 aliphatic carbocycles. The van der Waals surface area contributed by atoms with E-state index in [2.05, 4.69) is 69.4 Å².